The van der Waals surface area contributed by atoms with Crippen LogP contribution >= 0.6 is 0 Å². The Morgan fingerprint density at radius 3 is 2.15 bits per heavy atom. The average Bonchev–Trinajstić information content (AvgIpc) is 2.04. The Bertz CT molecular complexity index is 281. The molecule has 0 atom stereocenters. The largest absolute Gasteiger partial charge is 0.458 e. The van der Waals surface area contributed by atoms with E-state index in [0.717, 1.165) is 6.33 Å². The van der Waals surface area contributed by atoms with Crippen LogP contribution in [0.4, 0.5) is 22.0 Å². The van der Waals surface area contributed by atoms with Gasteiger partial charge in [-0.2, -0.15) is 22.0 Å². The molecule has 1 radical (unpaired) electrons. The van der Waals surface area contributed by atoms with Crippen molar-refractivity contribution in [3.8, 4) is 0 Å². The molecule has 0 aliphatic rings. The molecular weight excluding hydrogens is 195 g/mol. The van der Waals surface area contributed by atoms with Crippen LogP contribution in [0.1, 0.15) is 5.56 Å². The Hall–Kier alpha value is -1.27. The van der Waals surface area contributed by atoms with Crippen molar-refractivity contribution in [3.05, 3.63) is 24.3 Å². The molecule has 0 amide bonds. The highest BCUT2D eigenvalue weighted by Gasteiger charge is 2.59. The Morgan fingerprint density at radius 2 is 1.77 bits per heavy atom. The van der Waals surface area contributed by atoms with Gasteiger partial charge in [-0.1, -0.05) is 0 Å². The van der Waals surface area contributed by atoms with E-state index in [-0.39, 0.29) is 0 Å². The van der Waals surface area contributed by atoms with Gasteiger partial charge in [-0.25, -0.2) is 9.97 Å². The van der Waals surface area contributed by atoms with Crippen LogP contribution in [0.3, 0.4) is 0 Å². The summed E-state index contributed by atoms with van der Waals surface area (Å²) in [5, 5.41) is 0. The first-order valence-corrected chi connectivity index (χ1v) is 2.98. The van der Waals surface area contributed by atoms with Crippen molar-refractivity contribution >= 4 is 0 Å². The molecule has 0 aliphatic heterocycles. The van der Waals surface area contributed by atoms with Gasteiger partial charge >= 0.3 is 12.1 Å². The third-order valence-electron chi connectivity index (χ3n) is 1.21. The molecule has 1 heterocycles. The average molecular weight is 197 g/mol. The third kappa shape index (κ3) is 1.73. The topological polar surface area (TPSA) is 25.8 Å². The molecule has 0 aromatic carbocycles. The number of halogens is 5. The third-order valence-corrected chi connectivity index (χ3v) is 1.21. The lowest BCUT2D eigenvalue weighted by atomic mass is 10.2. The number of alkyl halides is 5. The zero-order valence-corrected chi connectivity index (χ0v) is 5.94. The fourth-order valence-electron chi connectivity index (χ4n) is 0.572. The normalized spacial score (nSPS) is 13.0. The molecular formula is C6H2F5N2. The summed E-state index contributed by atoms with van der Waals surface area (Å²) < 4.78 is 59.9. The molecule has 7 heteroatoms. The van der Waals surface area contributed by atoms with Gasteiger partial charge in [0.15, 0.2) is 0 Å². The minimum absolute atomic E-state index is 0.375. The molecule has 0 unspecified atom stereocenters. The van der Waals surface area contributed by atoms with Crippen molar-refractivity contribution in [2.24, 2.45) is 0 Å². The quantitative estimate of drug-likeness (QED) is 0.643. The SMILES string of the molecule is FC(F)(F)C(F)(F)c1[c]ncnc1. The van der Waals surface area contributed by atoms with Gasteiger partial charge in [-0.3, -0.25) is 0 Å². The Morgan fingerprint density at radius 1 is 1.15 bits per heavy atom. The zero-order chi connectivity index (χ0) is 10.1. The first-order chi connectivity index (χ1) is 5.86. The number of aromatic nitrogens is 2. The van der Waals surface area contributed by atoms with Crippen molar-refractivity contribution in [2.45, 2.75) is 12.1 Å². The van der Waals surface area contributed by atoms with E-state index in [0.29, 0.717) is 6.20 Å². The summed E-state index contributed by atoms with van der Waals surface area (Å²) in [6.45, 7) is 0. The van der Waals surface area contributed by atoms with Crippen molar-refractivity contribution in [1.82, 2.24) is 9.97 Å². The van der Waals surface area contributed by atoms with E-state index in [1.165, 1.54) is 6.20 Å². The van der Waals surface area contributed by atoms with Gasteiger partial charge in [-0.15, -0.1) is 0 Å². The van der Waals surface area contributed by atoms with Crippen LogP contribution in [0.25, 0.3) is 0 Å². The second-order valence-electron chi connectivity index (χ2n) is 2.12. The predicted molar refractivity (Wildman–Crippen MR) is 30.8 cm³/mol. The maximum absolute atomic E-state index is 12.4. The molecule has 0 saturated carbocycles. The van der Waals surface area contributed by atoms with Crippen LogP contribution in [0.2, 0.25) is 0 Å². The van der Waals surface area contributed by atoms with Crippen LogP contribution in [-0.2, 0) is 5.92 Å². The predicted octanol–water partition coefficient (Wildman–Crippen LogP) is 1.93. The molecule has 0 bridgehead atoms. The molecule has 71 valence electrons. The number of hydrogen-bond donors (Lipinski definition) is 0. The molecule has 0 saturated heterocycles. The van der Waals surface area contributed by atoms with Gasteiger partial charge in [0.1, 0.15) is 12.5 Å². The standard InChI is InChI=1S/C6H2F5N2/c7-5(8,6(9,10)11)4-1-12-3-13-2-4/h1,3H. The number of nitrogens with zero attached hydrogens (tertiary/aromatic N) is 2. The van der Waals surface area contributed by atoms with Crippen molar-refractivity contribution in [1.29, 1.82) is 0 Å². The minimum atomic E-state index is -5.64. The molecule has 13 heavy (non-hydrogen) atoms. The summed E-state index contributed by atoms with van der Waals surface area (Å²) in [6, 6.07) is 0. The molecule has 1 rings (SSSR count). The molecule has 1 aromatic rings. The van der Waals surface area contributed by atoms with Crippen molar-refractivity contribution in [2.75, 3.05) is 0 Å². The molecule has 0 fully saturated rings. The van der Waals surface area contributed by atoms with E-state index in [9.17, 15) is 22.0 Å². The maximum atomic E-state index is 12.4. The lowest BCUT2D eigenvalue weighted by Crippen LogP contribution is -2.33. The summed E-state index contributed by atoms with van der Waals surface area (Å²) in [5.41, 5.74) is -1.39. The van der Waals surface area contributed by atoms with Crippen LogP contribution in [0.5, 0.6) is 0 Å². The van der Waals surface area contributed by atoms with Crippen LogP contribution in [0, 0.1) is 6.20 Å². The van der Waals surface area contributed by atoms with E-state index >= 15 is 0 Å². The van der Waals surface area contributed by atoms with Crippen LogP contribution < -0.4 is 0 Å². The highest BCUT2D eigenvalue weighted by molar-refractivity contribution is 5.11. The second-order valence-corrected chi connectivity index (χ2v) is 2.12. The molecule has 0 spiro atoms. The summed E-state index contributed by atoms with van der Waals surface area (Å²) in [4.78, 5) is 5.99. The van der Waals surface area contributed by atoms with E-state index in [2.05, 4.69) is 9.97 Å². The summed E-state index contributed by atoms with van der Waals surface area (Å²) in [5.74, 6) is -4.95. The van der Waals surface area contributed by atoms with E-state index in [1.54, 1.807) is 0 Å². The summed E-state index contributed by atoms with van der Waals surface area (Å²) in [7, 11) is 0. The van der Waals surface area contributed by atoms with Crippen LogP contribution in [0.15, 0.2) is 12.5 Å². The summed E-state index contributed by atoms with van der Waals surface area (Å²) >= 11 is 0. The second kappa shape index (κ2) is 2.90. The first kappa shape index (κ1) is 9.82. The highest BCUT2D eigenvalue weighted by atomic mass is 19.4. The van der Waals surface area contributed by atoms with Crippen molar-refractivity contribution in [3.63, 3.8) is 0 Å². The van der Waals surface area contributed by atoms with Gasteiger partial charge < -0.3 is 0 Å². The van der Waals surface area contributed by atoms with E-state index < -0.39 is 17.7 Å². The fraction of sp³-hybridized carbons (Fsp3) is 0.333. The fourth-order valence-corrected chi connectivity index (χ4v) is 0.572. The van der Waals surface area contributed by atoms with Crippen molar-refractivity contribution < 1.29 is 22.0 Å². The lowest BCUT2D eigenvalue weighted by molar-refractivity contribution is -0.289. The minimum Gasteiger partial charge on any atom is -0.244 e. The molecule has 1 aromatic heterocycles. The van der Waals surface area contributed by atoms with Crippen LogP contribution in [-0.4, -0.2) is 16.1 Å². The van der Waals surface area contributed by atoms with Gasteiger partial charge in [0.25, 0.3) is 0 Å². The summed E-state index contributed by atoms with van der Waals surface area (Å²) in [6.07, 6.45) is -2.92. The lowest BCUT2D eigenvalue weighted by Gasteiger charge is -2.18. The maximum Gasteiger partial charge on any atom is 0.458 e. The molecule has 0 N–H and O–H groups in total. The number of rotatable bonds is 1. The zero-order valence-electron chi connectivity index (χ0n) is 5.94. The smallest absolute Gasteiger partial charge is 0.244 e. The molecule has 2 nitrogen and oxygen atoms in total. The highest BCUT2D eigenvalue weighted by Crippen LogP contribution is 2.42. The first-order valence-electron chi connectivity index (χ1n) is 2.98. The monoisotopic (exact) mass is 197 g/mol. The van der Waals surface area contributed by atoms with Gasteiger partial charge in [0, 0.05) is 6.20 Å². The molecule has 0 aliphatic carbocycles. The Labute approximate surface area is 69.4 Å². The van der Waals surface area contributed by atoms with Gasteiger partial charge in [0.2, 0.25) is 0 Å². The number of hydrogen-bond acceptors (Lipinski definition) is 2. The Balaban J connectivity index is 3.08. The van der Waals surface area contributed by atoms with E-state index in [1.807, 2.05) is 0 Å². The van der Waals surface area contributed by atoms with Gasteiger partial charge in [0.05, 0.1) is 5.56 Å². The van der Waals surface area contributed by atoms with E-state index in [4.69, 9.17) is 0 Å². The Kier molecular flexibility index (Phi) is 2.19. The van der Waals surface area contributed by atoms with Gasteiger partial charge in [-0.05, 0) is 0 Å².